The second kappa shape index (κ2) is 14.3. The molecule has 5 N–H and O–H groups in total. The van der Waals surface area contributed by atoms with Gasteiger partial charge >= 0.3 is 0 Å². The molecule has 0 saturated heterocycles. The molecule has 1 unspecified atom stereocenters. The van der Waals surface area contributed by atoms with Crippen LogP contribution in [0.25, 0.3) is 6.08 Å². The van der Waals surface area contributed by atoms with Crippen molar-refractivity contribution in [1.29, 1.82) is 0 Å². The van der Waals surface area contributed by atoms with Crippen LogP contribution < -0.4 is 21.7 Å². The van der Waals surface area contributed by atoms with E-state index in [1.54, 1.807) is 79.7 Å². The molecule has 4 amide bonds. The molecule has 0 aliphatic carbocycles. The van der Waals surface area contributed by atoms with Crippen molar-refractivity contribution in [3.05, 3.63) is 130 Å². The van der Waals surface area contributed by atoms with Gasteiger partial charge in [0.1, 0.15) is 11.5 Å². The van der Waals surface area contributed by atoms with Crippen LogP contribution in [0.2, 0.25) is 5.02 Å². The van der Waals surface area contributed by atoms with E-state index < -0.39 is 28.8 Å². The molecule has 218 valence electrons. The highest BCUT2D eigenvalue weighted by Crippen LogP contribution is 2.27. The van der Waals surface area contributed by atoms with Crippen molar-refractivity contribution in [2.45, 2.75) is 17.1 Å². The van der Waals surface area contributed by atoms with Crippen LogP contribution in [0.3, 0.4) is 0 Å². The number of nitrogens with one attached hydrogen (secondary N) is 3. The third-order valence-corrected chi connectivity index (χ3v) is 7.50. The Bertz CT molecular complexity index is 1680. The maximum absolute atomic E-state index is 14.5. The quantitative estimate of drug-likeness (QED) is 0.126. The second-order valence-electron chi connectivity index (χ2n) is 9.15. The van der Waals surface area contributed by atoms with Gasteiger partial charge in [-0.3, -0.25) is 19.2 Å². The Morgan fingerprint density at radius 2 is 1.53 bits per heavy atom. The number of thioether (sulfide) groups is 1. The summed E-state index contributed by atoms with van der Waals surface area (Å²) in [5.74, 6) is -2.91. The minimum absolute atomic E-state index is 0.0554. The Morgan fingerprint density at radius 1 is 0.860 bits per heavy atom. The van der Waals surface area contributed by atoms with E-state index in [-0.39, 0.29) is 27.8 Å². The highest BCUT2D eigenvalue weighted by Gasteiger charge is 2.19. The first-order chi connectivity index (χ1) is 20.6. The number of rotatable bonds is 10. The molecule has 0 aliphatic rings. The topological polar surface area (TPSA) is 130 Å². The van der Waals surface area contributed by atoms with E-state index in [1.165, 1.54) is 42.1 Å². The molecule has 0 bridgehead atoms. The van der Waals surface area contributed by atoms with E-state index in [4.69, 9.17) is 17.3 Å². The summed E-state index contributed by atoms with van der Waals surface area (Å²) >= 11 is 7.42. The van der Waals surface area contributed by atoms with E-state index in [2.05, 4.69) is 16.0 Å². The van der Waals surface area contributed by atoms with Crippen molar-refractivity contribution in [3.8, 4) is 0 Å². The van der Waals surface area contributed by atoms with Crippen LogP contribution in [-0.4, -0.2) is 28.9 Å². The molecule has 11 heteroatoms. The van der Waals surface area contributed by atoms with Gasteiger partial charge in [0.2, 0.25) is 5.91 Å². The third kappa shape index (κ3) is 8.31. The fourth-order valence-corrected chi connectivity index (χ4v) is 4.93. The Hall–Kier alpha value is -4.93. The number of carbonyl (C=O) groups is 4. The smallest absolute Gasteiger partial charge is 0.272 e. The number of benzene rings is 4. The summed E-state index contributed by atoms with van der Waals surface area (Å²) in [5.41, 5.74) is 6.34. The lowest BCUT2D eigenvalue weighted by Crippen LogP contribution is -2.30. The summed E-state index contributed by atoms with van der Waals surface area (Å²) in [6.07, 6.45) is 1.18. The van der Waals surface area contributed by atoms with E-state index in [0.717, 1.165) is 4.90 Å². The maximum Gasteiger partial charge on any atom is 0.272 e. The standard InChI is InChI=1S/C32H26ClFN4O4S/c1-19(30(40)37-27-13-6-5-10-23(27)29(35)39)43-22-16-14-21(15-17-22)36-32(42)28(18-24-25(33)11-7-12-26(24)34)38-31(41)20-8-3-2-4-9-20/h2-19H,1H3,(H2,35,39)(H,36,42)(H,37,40)(H,38,41)/b28-18-. The summed E-state index contributed by atoms with van der Waals surface area (Å²) in [5, 5.41) is 7.49. The molecule has 4 aromatic carbocycles. The molecule has 0 aromatic heterocycles. The molecular formula is C32H26ClFN4O4S. The molecule has 0 fully saturated rings. The lowest BCUT2D eigenvalue weighted by atomic mass is 10.1. The average Bonchev–Trinajstić information content (AvgIpc) is 2.99. The van der Waals surface area contributed by atoms with Gasteiger partial charge < -0.3 is 21.7 Å². The Kier molecular flexibility index (Phi) is 10.3. The summed E-state index contributed by atoms with van der Waals surface area (Å²) in [6, 6.07) is 25.5. The molecule has 0 aliphatic heterocycles. The van der Waals surface area contributed by atoms with Gasteiger partial charge in [0.05, 0.1) is 21.5 Å². The van der Waals surface area contributed by atoms with Crippen molar-refractivity contribution < 1.29 is 23.6 Å². The molecule has 4 rings (SSSR count). The molecule has 4 aromatic rings. The summed E-state index contributed by atoms with van der Waals surface area (Å²) in [7, 11) is 0. The molecule has 0 spiro atoms. The molecule has 43 heavy (non-hydrogen) atoms. The van der Waals surface area contributed by atoms with Crippen molar-refractivity contribution in [1.82, 2.24) is 5.32 Å². The van der Waals surface area contributed by atoms with Gasteiger partial charge in [-0.25, -0.2) is 4.39 Å². The predicted octanol–water partition coefficient (Wildman–Crippen LogP) is 6.11. The zero-order valence-electron chi connectivity index (χ0n) is 22.8. The lowest BCUT2D eigenvalue weighted by Gasteiger charge is -2.14. The van der Waals surface area contributed by atoms with Crippen molar-refractivity contribution in [2.24, 2.45) is 5.73 Å². The molecule has 0 heterocycles. The molecular weight excluding hydrogens is 591 g/mol. The van der Waals surface area contributed by atoms with Gasteiger partial charge in [-0.15, -0.1) is 11.8 Å². The summed E-state index contributed by atoms with van der Waals surface area (Å²) in [4.78, 5) is 51.2. The van der Waals surface area contributed by atoms with Crippen LogP contribution in [0.4, 0.5) is 15.8 Å². The van der Waals surface area contributed by atoms with Crippen molar-refractivity contribution in [2.75, 3.05) is 10.6 Å². The van der Waals surface area contributed by atoms with Crippen LogP contribution in [0, 0.1) is 5.82 Å². The largest absolute Gasteiger partial charge is 0.366 e. The molecule has 8 nitrogen and oxygen atoms in total. The molecule has 1 atom stereocenters. The zero-order chi connectivity index (χ0) is 30.9. The van der Waals surface area contributed by atoms with E-state index in [1.807, 2.05) is 0 Å². The lowest BCUT2D eigenvalue weighted by molar-refractivity contribution is -0.115. The highest BCUT2D eigenvalue weighted by molar-refractivity contribution is 8.00. The van der Waals surface area contributed by atoms with Crippen LogP contribution in [0.1, 0.15) is 33.2 Å². The number of primary amides is 1. The summed E-state index contributed by atoms with van der Waals surface area (Å²) < 4.78 is 14.5. The number of carbonyl (C=O) groups excluding carboxylic acids is 4. The van der Waals surface area contributed by atoms with Crippen molar-refractivity contribution >= 4 is 64.4 Å². The first-order valence-electron chi connectivity index (χ1n) is 12.9. The number of halogens is 2. The minimum atomic E-state index is -0.704. The SMILES string of the molecule is CC(Sc1ccc(NC(=O)/C(=C/c2c(F)cccc2Cl)NC(=O)c2ccccc2)cc1)C(=O)Nc1ccccc1C(N)=O. The van der Waals surface area contributed by atoms with E-state index >= 15 is 0 Å². The van der Waals surface area contributed by atoms with Gasteiger partial charge in [0.15, 0.2) is 0 Å². The van der Waals surface area contributed by atoms with Gasteiger partial charge in [-0.1, -0.05) is 48.0 Å². The minimum Gasteiger partial charge on any atom is -0.366 e. The highest BCUT2D eigenvalue weighted by atomic mass is 35.5. The Morgan fingerprint density at radius 3 is 2.21 bits per heavy atom. The number of hydrogen-bond acceptors (Lipinski definition) is 5. The fourth-order valence-electron chi connectivity index (χ4n) is 3.85. The first kappa shape index (κ1) is 31.0. The van der Waals surface area contributed by atoms with Crippen LogP contribution in [0.15, 0.2) is 108 Å². The van der Waals surface area contributed by atoms with Crippen LogP contribution in [0.5, 0.6) is 0 Å². The van der Waals surface area contributed by atoms with Gasteiger partial charge in [-0.2, -0.15) is 0 Å². The normalized spacial score (nSPS) is 11.7. The predicted molar refractivity (Wildman–Crippen MR) is 167 cm³/mol. The Labute approximate surface area is 256 Å². The zero-order valence-corrected chi connectivity index (χ0v) is 24.3. The van der Waals surface area contributed by atoms with Gasteiger partial charge in [-0.05, 0) is 73.7 Å². The number of amides is 4. The number of para-hydroxylation sites is 1. The first-order valence-corrected chi connectivity index (χ1v) is 14.2. The number of hydrogen-bond donors (Lipinski definition) is 4. The number of anilines is 2. The van der Waals surface area contributed by atoms with Gasteiger partial charge in [0, 0.05) is 21.7 Å². The third-order valence-electron chi connectivity index (χ3n) is 6.06. The fraction of sp³-hybridized carbons (Fsp3) is 0.0625. The van der Waals surface area contributed by atoms with Crippen molar-refractivity contribution in [3.63, 3.8) is 0 Å². The van der Waals surface area contributed by atoms with E-state index in [0.29, 0.717) is 16.9 Å². The number of nitrogens with two attached hydrogens (primary N) is 1. The average molecular weight is 617 g/mol. The molecule has 0 saturated carbocycles. The van der Waals surface area contributed by atoms with E-state index in [9.17, 15) is 23.6 Å². The van der Waals surface area contributed by atoms with Gasteiger partial charge in [0.25, 0.3) is 17.7 Å². The second-order valence-corrected chi connectivity index (χ2v) is 11.0. The van der Waals surface area contributed by atoms with Crippen LogP contribution in [-0.2, 0) is 9.59 Å². The summed E-state index contributed by atoms with van der Waals surface area (Å²) in [6.45, 7) is 1.71. The Balaban J connectivity index is 1.46. The van der Waals surface area contributed by atoms with Crippen LogP contribution >= 0.6 is 23.4 Å². The molecule has 0 radical (unpaired) electrons. The maximum atomic E-state index is 14.5. The monoisotopic (exact) mass is 616 g/mol.